The second-order valence-electron chi connectivity index (χ2n) is 9.04. The summed E-state index contributed by atoms with van der Waals surface area (Å²) in [5, 5.41) is 0. The van der Waals surface area contributed by atoms with Crippen molar-refractivity contribution in [2.75, 3.05) is 20.3 Å². The van der Waals surface area contributed by atoms with Crippen molar-refractivity contribution in [3.63, 3.8) is 0 Å². The summed E-state index contributed by atoms with van der Waals surface area (Å²) >= 11 is 1.16. The van der Waals surface area contributed by atoms with E-state index in [1.165, 1.54) is 25.5 Å². The second-order valence-corrected chi connectivity index (χ2v) is 10.0. The monoisotopic (exact) mass is 594 g/mol. The molecule has 1 aliphatic rings. The van der Waals surface area contributed by atoms with Gasteiger partial charge in [-0.25, -0.2) is 9.79 Å². The van der Waals surface area contributed by atoms with E-state index in [9.17, 15) is 19.2 Å². The van der Waals surface area contributed by atoms with E-state index in [-0.39, 0.29) is 35.0 Å². The molecule has 1 atom stereocenters. The summed E-state index contributed by atoms with van der Waals surface area (Å²) in [7, 11) is 1.42. The minimum absolute atomic E-state index is 0.132. The van der Waals surface area contributed by atoms with E-state index < -0.39 is 23.9 Å². The lowest BCUT2D eigenvalue weighted by molar-refractivity contribution is -0.139. The Labute approximate surface area is 245 Å². The van der Waals surface area contributed by atoms with Gasteiger partial charge < -0.3 is 23.7 Å². The summed E-state index contributed by atoms with van der Waals surface area (Å²) in [6.45, 7) is 8.23. The number of fused-ring (bicyclic) bond motifs is 1. The molecule has 0 saturated heterocycles. The Bertz CT molecular complexity index is 1770. The average molecular weight is 595 g/mol. The third kappa shape index (κ3) is 6.28. The highest BCUT2D eigenvalue weighted by Crippen LogP contribution is 2.36. The Morgan fingerprint density at radius 2 is 1.62 bits per heavy atom. The lowest BCUT2D eigenvalue weighted by Gasteiger charge is -2.25. The van der Waals surface area contributed by atoms with Crippen LogP contribution in [0.5, 0.6) is 23.0 Å². The van der Waals surface area contributed by atoms with Gasteiger partial charge in [-0.2, -0.15) is 0 Å². The van der Waals surface area contributed by atoms with Gasteiger partial charge in [0.25, 0.3) is 5.56 Å². The van der Waals surface area contributed by atoms with Crippen molar-refractivity contribution >= 4 is 35.3 Å². The molecule has 2 aromatic carbocycles. The number of ether oxygens (including phenoxy) is 5. The Kier molecular flexibility index (Phi) is 9.26. The zero-order valence-corrected chi connectivity index (χ0v) is 24.8. The summed E-state index contributed by atoms with van der Waals surface area (Å²) in [6, 6.07) is 8.88. The van der Waals surface area contributed by atoms with Crippen LogP contribution in [0, 0.1) is 0 Å². The molecule has 12 heteroatoms. The highest BCUT2D eigenvalue weighted by atomic mass is 32.1. The van der Waals surface area contributed by atoms with Crippen LogP contribution in [0.4, 0.5) is 0 Å². The number of esters is 3. The second kappa shape index (κ2) is 12.9. The van der Waals surface area contributed by atoms with Gasteiger partial charge in [-0.05, 0) is 62.2 Å². The molecule has 2 heterocycles. The lowest BCUT2D eigenvalue weighted by atomic mass is 9.95. The first-order chi connectivity index (χ1) is 20.1. The van der Waals surface area contributed by atoms with E-state index in [0.717, 1.165) is 11.3 Å². The van der Waals surface area contributed by atoms with Crippen LogP contribution in [0.15, 0.2) is 57.5 Å². The molecule has 42 heavy (non-hydrogen) atoms. The fourth-order valence-corrected chi connectivity index (χ4v) is 5.52. The number of thiazole rings is 1. The maximum absolute atomic E-state index is 13.9. The molecule has 1 aliphatic heterocycles. The lowest BCUT2D eigenvalue weighted by Crippen LogP contribution is -2.40. The Balaban J connectivity index is 1.91. The Morgan fingerprint density at radius 3 is 2.24 bits per heavy atom. The van der Waals surface area contributed by atoms with Crippen LogP contribution in [0.1, 0.15) is 51.8 Å². The van der Waals surface area contributed by atoms with Gasteiger partial charge in [0.05, 0.1) is 42.2 Å². The van der Waals surface area contributed by atoms with E-state index in [1.54, 1.807) is 63.2 Å². The molecule has 0 N–H and O–H groups in total. The maximum atomic E-state index is 13.9. The third-order valence-electron chi connectivity index (χ3n) is 6.09. The minimum Gasteiger partial charge on any atom is -0.493 e. The Hall–Kier alpha value is -4.71. The number of carbonyl (C=O) groups excluding carboxylic acids is 3. The molecule has 0 aliphatic carbocycles. The zero-order valence-electron chi connectivity index (χ0n) is 24.0. The number of aromatic nitrogens is 1. The molecule has 0 spiro atoms. The summed E-state index contributed by atoms with van der Waals surface area (Å²) in [5.41, 5.74) is 1.37. The molecule has 0 radical (unpaired) electrons. The van der Waals surface area contributed by atoms with E-state index in [4.69, 9.17) is 23.7 Å². The van der Waals surface area contributed by atoms with Crippen LogP contribution in [0.2, 0.25) is 0 Å². The molecule has 1 aromatic heterocycles. The molecule has 11 nitrogen and oxygen atoms in total. The van der Waals surface area contributed by atoms with Crippen LogP contribution >= 0.6 is 11.3 Å². The summed E-state index contributed by atoms with van der Waals surface area (Å²) in [5.74, 6) is -0.548. The van der Waals surface area contributed by atoms with Gasteiger partial charge in [0.1, 0.15) is 0 Å². The number of rotatable bonds is 9. The van der Waals surface area contributed by atoms with Crippen molar-refractivity contribution in [3.05, 3.63) is 78.5 Å². The Morgan fingerprint density at radius 1 is 0.952 bits per heavy atom. The van der Waals surface area contributed by atoms with Crippen LogP contribution in [0.3, 0.4) is 0 Å². The number of nitrogens with zero attached hydrogens (tertiary/aromatic N) is 2. The quantitative estimate of drug-likeness (QED) is 0.271. The van der Waals surface area contributed by atoms with Gasteiger partial charge in [0.15, 0.2) is 27.8 Å². The molecule has 0 saturated carbocycles. The zero-order chi connectivity index (χ0) is 30.6. The van der Waals surface area contributed by atoms with E-state index in [0.29, 0.717) is 38.5 Å². The standard InChI is InChI=1S/C30H30N2O9S/c1-7-38-24-13-19(9-11-22(24)41-18(5)34)14-25-28(35)32-27(20-10-12-21(40-17(4)33)23(15-20)37-6)26(29(36)39-8-2)16(3)31-30(32)42-25/h9-15,27H,7-8H2,1-6H3/b25-14+. The first kappa shape index (κ1) is 30.3. The van der Waals surface area contributed by atoms with Gasteiger partial charge in [-0.3, -0.25) is 19.0 Å². The third-order valence-corrected chi connectivity index (χ3v) is 7.08. The number of carbonyl (C=O) groups is 3. The molecule has 3 aromatic rings. The van der Waals surface area contributed by atoms with Crippen molar-refractivity contribution in [3.8, 4) is 23.0 Å². The number of benzene rings is 2. The fraction of sp³-hybridized carbons (Fsp3) is 0.300. The van der Waals surface area contributed by atoms with Crippen molar-refractivity contribution < 1.29 is 38.1 Å². The molecule has 0 amide bonds. The first-order valence-corrected chi connectivity index (χ1v) is 13.9. The predicted octanol–water partition coefficient (Wildman–Crippen LogP) is 3.06. The average Bonchev–Trinajstić information content (AvgIpc) is 3.23. The summed E-state index contributed by atoms with van der Waals surface area (Å²) in [6.07, 6.45) is 1.68. The molecule has 1 unspecified atom stereocenters. The SMILES string of the molecule is CCOC(=O)C1=C(C)N=c2s/c(=C/c3ccc(OC(C)=O)c(OCC)c3)c(=O)n2C1c1ccc(OC(C)=O)c(OC)c1. The predicted molar refractivity (Wildman–Crippen MR) is 154 cm³/mol. The fourth-order valence-electron chi connectivity index (χ4n) is 4.47. The van der Waals surface area contributed by atoms with Crippen molar-refractivity contribution in [1.82, 2.24) is 4.57 Å². The van der Waals surface area contributed by atoms with Crippen molar-refractivity contribution in [2.45, 2.75) is 40.7 Å². The van der Waals surface area contributed by atoms with E-state index in [2.05, 4.69) is 4.99 Å². The topological polar surface area (TPSA) is 132 Å². The number of hydrogen-bond donors (Lipinski definition) is 0. The normalized spacial score (nSPS) is 14.5. The van der Waals surface area contributed by atoms with Crippen molar-refractivity contribution in [2.24, 2.45) is 4.99 Å². The largest absolute Gasteiger partial charge is 0.493 e. The smallest absolute Gasteiger partial charge is 0.338 e. The van der Waals surface area contributed by atoms with E-state index in [1.807, 2.05) is 0 Å². The molecular weight excluding hydrogens is 564 g/mol. The van der Waals surface area contributed by atoms with Crippen LogP contribution in [0.25, 0.3) is 6.08 Å². The summed E-state index contributed by atoms with van der Waals surface area (Å²) in [4.78, 5) is 55.1. The van der Waals surface area contributed by atoms with E-state index >= 15 is 0 Å². The first-order valence-electron chi connectivity index (χ1n) is 13.1. The molecular formula is C30H30N2O9S. The van der Waals surface area contributed by atoms with Crippen LogP contribution < -0.4 is 33.8 Å². The van der Waals surface area contributed by atoms with Gasteiger partial charge in [0.2, 0.25) is 0 Å². The van der Waals surface area contributed by atoms with Gasteiger partial charge in [-0.1, -0.05) is 23.5 Å². The molecule has 0 fully saturated rings. The molecule has 4 rings (SSSR count). The number of hydrogen-bond acceptors (Lipinski definition) is 11. The molecule has 220 valence electrons. The van der Waals surface area contributed by atoms with Crippen LogP contribution in [-0.4, -0.2) is 42.8 Å². The van der Waals surface area contributed by atoms with Gasteiger partial charge >= 0.3 is 17.9 Å². The highest BCUT2D eigenvalue weighted by Gasteiger charge is 2.34. The molecule has 0 bridgehead atoms. The van der Waals surface area contributed by atoms with Crippen molar-refractivity contribution in [1.29, 1.82) is 0 Å². The minimum atomic E-state index is -0.895. The summed E-state index contributed by atoms with van der Waals surface area (Å²) < 4.78 is 28.7. The van der Waals surface area contributed by atoms with Crippen LogP contribution in [-0.2, 0) is 19.1 Å². The van der Waals surface area contributed by atoms with Gasteiger partial charge in [0, 0.05) is 13.8 Å². The maximum Gasteiger partial charge on any atom is 0.338 e. The van der Waals surface area contributed by atoms with Gasteiger partial charge in [-0.15, -0.1) is 0 Å². The number of methoxy groups -OCH3 is 1. The number of allylic oxidation sites excluding steroid dienone is 1. The highest BCUT2D eigenvalue weighted by molar-refractivity contribution is 7.07.